The third-order valence-corrected chi connectivity index (χ3v) is 6.34. The minimum Gasteiger partial charge on any atom is -0.354 e. The fourth-order valence-electron chi connectivity index (χ4n) is 3.04. The summed E-state index contributed by atoms with van der Waals surface area (Å²) in [5.74, 6) is 0.546. The molecule has 134 valence electrons. The van der Waals surface area contributed by atoms with Crippen LogP contribution in [0.1, 0.15) is 30.2 Å². The van der Waals surface area contributed by atoms with Crippen LogP contribution in [-0.4, -0.2) is 36.2 Å². The Hall–Kier alpha value is -1.37. The van der Waals surface area contributed by atoms with Gasteiger partial charge in [0.25, 0.3) is 0 Å². The maximum atomic E-state index is 12.9. The van der Waals surface area contributed by atoms with Crippen molar-refractivity contribution in [3.05, 3.63) is 52.5 Å². The van der Waals surface area contributed by atoms with Gasteiger partial charge in [-0.05, 0) is 61.6 Å². The number of carbonyl (C=O) groups is 1. The van der Waals surface area contributed by atoms with Gasteiger partial charge < -0.3 is 5.32 Å². The summed E-state index contributed by atoms with van der Waals surface area (Å²) >= 11 is 3.34. The van der Waals surface area contributed by atoms with Gasteiger partial charge in [0.1, 0.15) is 5.82 Å². The Balaban J connectivity index is 1.44. The van der Waals surface area contributed by atoms with Gasteiger partial charge in [-0.15, -0.1) is 23.1 Å². The largest absolute Gasteiger partial charge is 0.354 e. The van der Waals surface area contributed by atoms with Gasteiger partial charge >= 0.3 is 0 Å². The van der Waals surface area contributed by atoms with Crippen LogP contribution >= 0.6 is 23.1 Å². The first kappa shape index (κ1) is 18.4. The van der Waals surface area contributed by atoms with Crippen molar-refractivity contribution < 1.29 is 9.18 Å². The number of hydrogen-bond acceptors (Lipinski definition) is 4. The van der Waals surface area contributed by atoms with Gasteiger partial charge in [-0.2, -0.15) is 0 Å². The lowest BCUT2D eigenvalue weighted by Crippen LogP contribution is -2.36. The lowest BCUT2D eigenvalue weighted by atomic mass is 10.2. The van der Waals surface area contributed by atoms with E-state index >= 15 is 0 Å². The van der Waals surface area contributed by atoms with E-state index in [9.17, 15) is 9.18 Å². The zero-order valence-corrected chi connectivity index (χ0v) is 15.8. The van der Waals surface area contributed by atoms with Crippen molar-refractivity contribution in [2.75, 3.05) is 25.4 Å². The van der Waals surface area contributed by atoms with Gasteiger partial charge in [-0.25, -0.2) is 4.39 Å². The molecule has 1 N–H and O–H groups in total. The van der Waals surface area contributed by atoms with Crippen molar-refractivity contribution in [3.63, 3.8) is 0 Å². The van der Waals surface area contributed by atoms with Gasteiger partial charge in [0.15, 0.2) is 0 Å². The number of nitrogens with zero attached hydrogens (tertiary/aromatic N) is 1. The van der Waals surface area contributed by atoms with Crippen molar-refractivity contribution in [3.8, 4) is 0 Å². The quantitative estimate of drug-likeness (QED) is 0.694. The Labute approximate surface area is 156 Å². The molecule has 0 spiro atoms. The number of carbonyl (C=O) groups excluding carboxylic acids is 1. The topological polar surface area (TPSA) is 32.3 Å². The second-order valence-corrected chi connectivity index (χ2v) is 8.28. The van der Waals surface area contributed by atoms with Crippen LogP contribution in [0.15, 0.2) is 46.7 Å². The van der Waals surface area contributed by atoms with Crippen LogP contribution < -0.4 is 5.32 Å². The van der Waals surface area contributed by atoms with E-state index < -0.39 is 0 Å². The van der Waals surface area contributed by atoms with Gasteiger partial charge in [0.2, 0.25) is 5.91 Å². The normalized spacial score (nSPS) is 16.0. The molecular formula is C19H23FN2OS2. The molecule has 6 heteroatoms. The van der Waals surface area contributed by atoms with E-state index in [0.29, 0.717) is 18.7 Å². The Kier molecular flexibility index (Phi) is 6.90. The highest BCUT2D eigenvalue weighted by Crippen LogP contribution is 2.28. The molecule has 0 aliphatic carbocycles. The molecule has 1 aliphatic heterocycles. The van der Waals surface area contributed by atoms with Crippen molar-refractivity contribution in [1.82, 2.24) is 10.2 Å². The monoisotopic (exact) mass is 378 g/mol. The molecule has 1 unspecified atom stereocenters. The molecule has 1 aliphatic rings. The number of halogens is 1. The van der Waals surface area contributed by atoms with E-state index in [0.717, 1.165) is 18.0 Å². The Bertz CT molecular complexity index is 655. The van der Waals surface area contributed by atoms with Crippen molar-refractivity contribution >= 4 is 29.0 Å². The summed E-state index contributed by atoms with van der Waals surface area (Å²) in [4.78, 5) is 17.0. The molecule has 1 fully saturated rings. The fraction of sp³-hybridized carbons (Fsp3) is 0.421. The second-order valence-electron chi connectivity index (χ2n) is 6.13. The first-order chi connectivity index (χ1) is 12.2. The van der Waals surface area contributed by atoms with E-state index in [1.165, 1.54) is 29.9 Å². The maximum absolute atomic E-state index is 12.9. The highest BCUT2D eigenvalue weighted by molar-refractivity contribution is 7.99. The predicted octanol–water partition coefficient (Wildman–Crippen LogP) is 4.32. The highest BCUT2D eigenvalue weighted by atomic mass is 32.2. The summed E-state index contributed by atoms with van der Waals surface area (Å²) in [6.45, 7) is 2.89. The average Bonchev–Trinajstić information content (AvgIpc) is 3.31. The third kappa shape index (κ3) is 5.56. The van der Waals surface area contributed by atoms with Crippen LogP contribution in [-0.2, 0) is 4.79 Å². The molecule has 1 amide bonds. The average molecular weight is 379 g/mol. The first-order valence-electron chi connectivity index (χ1n) is 8.65. The molecule has 1 aromatic carbocycles. The van der Waals surface area contributed by atoms with Crippen molar-refractivity contribution in [2.24, 2.45) is 0 Å². The minimum atomic E-state index is -0.233. The van der Waals surface area contributed by atoms with Crippen molar-refractivity contribution in [1.29, 1.82) is 0 Å². The molecule has 1 aromatic heterocycles. The Morgan fingerprint density at radius 3 is 2.68 bits per heavy atom. The fourth-order valence-corrected chi connectivity index (χ4v) is 4.75. The van der Waals surface area contributed by atoms with Crippen LogP contribution in [0.4, 0.5) is 4.39 Å². The summed E-state index contributed by atoms with van der Waals surface area (Å²) in [5.41, 5.74) is 0. The van der Waals surface area contributed by atoms with Crippen LogP contribution in [0.25, 0.3) is 0 Å². The van der Waals surface area contributed by atoms with Crippen molar-refractivity contribution in [2.45, 2.75) is 30.2 Å². The van der Waals surface area contributed by atoms with E-state index in [4.69, 9.17) is 0 Å². The molecule has 3 rings (SSSR count). The van der Waals surface area contributed by atoms with E-state index in [-0.39, 0.29) is 17.8 Å². The van der Waals surface area contributed by atoms with Crippen LogP contribution in [0.3, 0.4) is 0 Å². The predicted molar refractivity (Wildman–Crippen MR) is 103 cm³/mol. The van der Waals surface area contributed by atoms with Crippen LogP contribution in [0.2, 0.25) is 0 Å². The van der Waals surface area contributed by atoms with E-state index in [2.05, 4.69) is 27.7 Å². The molecule has 0 bridgehead atoms. The van der Waals surface area contributed by atoms with Crippen LogP contribution in [0, 0.1) is 5.82 Å². The summed E-state index contributed by atoms with van der Waals surface area (Å²) in [7, 11) is 0. The number of hydrogen-bond donors (Lipinski definition) is 1. The number of thioether (sulfide) groups is 1. The molecule has 3 nitrogen and oxygen atoms in total. The van der Waals surface area contributed by atoms with Gasteiger partial charge in [0, 0.05) is 28.5 Å². The number of rotatable bonds is 8. The Morgan fingerprint density at radius 1 is 1.24 bits per heavy atom. The number of nitrogens with one attached hydrogen (secondary N) is 1. The number of thiophene rings is 1. The van der Waals surface area contributed by atoms with E-state index in [1.54, 1.807) is 35.2 Å². The summed E-state index contributed by atoms with van der Waals surface area (Å²) in [5, 5.41) is 5.19. The second kappa shape index (κ2) is 9.36. The lowest BCUT2D eigenvalue weighted by Gasteiger charge is -2.26. The zero-order chi connectivity index (χ0) is 17.5. The zero-order valence-electron chi connectivity index (χ0n) is 14.1. The SMILES string of the molecule is O=C(CCSc1ccc(F)cc1)NCC(c1cccs1)N1CCCC1. The third-order valence-electron chi connectivity index (χ3n) is 4.36. The summed E-state index contributed by atoms with van der Waals surface area (Å²) in [6, 6.07) is 10.9. The van der Waals surface area contributed by atoms with Gasteiger partial charge in [-0.1, -0.05) is 6.07 Å². The molecular weight excluding hydrogens is 355 g/mol. The molecule has 2 aromatic rings. The lowest BCUT2D eigenvalue weighted by molar-refractivity contribution is -0.120. The van der Waals surface area contributed by atoms with Gasteiger partial charge in [0.05, 0.1) is 6.04 Å². The molecule has 25 heavy (non-hydrogen) atoms. The van der Waals surface area contributed by atoms with Gasteiger partial charge in [-0.3, -0.25) is 9.69 Å². The molecule has 0 radical (unpaired) electrons. The molecule has 0 saturated carbocycles. The molecule has 1 saturated heterocycles. The number of benzene rings is 1. The smallest absolute Gasteiger partial charge is 0.220 e. The number of amides is 1. The minimum absolute atomic E-state index is 0.0790. The maximum Gasteiger partial charge on any atom is 0.220 e. The molecule has 1 atom stereocenters. The van der Waals surface area contributed by atoms with E-state index in [1.807, 2.05) is 0 Å². The highest BCUT2D eigenvalue weighted by Gasteiger charge is 2.24. The van der Waals surface area contributed by atoms with Crippen LogP contribution in [0.5, 0.6) is 0 Å². The summed E-state index contributed by atoms with van der Waals surface area (Å²) < 4.78 is 12.9. The standard InChI is InChI=1S/C19H23FN2OS2/c20-15-5-7-16(8-6-15)24-13-9-19(23)21-14-17(18-4-3-12-25-18)22-10-1-2-11-22/h3-8,12,17H,1-2,9-11,13-14H2,(H,21,23). The summed E-state index contributed by atoms with van der Waals surface area (Å²) in [6.07, 6.45) is 2.95. The number of likely N-dealkylation sites (tertiary alicyclic amines) is 1. The molecule has 2 heterocycles. The Morgan fingerprint density at radius 2 is 2.00 bits per heavy atom. The first-order valence-corrected chi connectivity index (χ1v) is 10.5.